The topological polar surface area (TPSA) is 169 Å². The van der Waals surface area contributed by atoms with E-state index in [0.717, 1.165) is 88.6 Å². The maximum Gasteiger partial charge on any atom is 1.00 e. The van der Waals surface area contributed by atoms with Crippen LogP contribution in [-0.4, -0.2) is 92.0 Å². The van der Waals surface area contributed by atoms with Crippen molar-refractivity contribution in [1.29, 1.82) is 0 Å². The summed E-state index contributed by atoms with van der Waals surface area (Å²) in [5.41, 5.74) is 10.8. The first kappa shape index (κ1) is 57.6. The summed E-state index contributed by atoms with van der Waals surface area (Å²) in [5.74, 6) is 0.441. The van der Waals surface area contributed by atoms with Crippen molar-refractivity contribution < 1.29 is 70.9 Å². The van der Waals surface area contributed by atoms with E-state index in [0.29, 0.717) is 43.9 Å². The summed E-state index contributed by atoms with van der Waals surface area (Å²) in [5, 5.41) is 26.1. The molecule has 72 heavy (non-hydrogen) atoms. The van der Waals surface area contributed by atoms with Gasteiger partial charge in [0.15, 0.2) is 0 Å². The van der Waals surface area contributed by atoms with Gasteiger partial charge in [0.2, 0.25) is 11.8 Å². The molecule has 1 saturated heterocycles. The number of aliphatic hydroxyl groups is 1. The molecule has 3 amide bonds. The molecular formula is C56H78KN9O5S. The van der Waals surface area contributed by atoms with E-state index in [4.69, 9.17) is 5.32 Å². The third-order valence-electron chi connectivity index (χ3n) is 14.5. The van der Waals surface area contributed by atoms with Crippen molar-refractivity contribution >= 4 is 58.3 Å². The number of aliphatic hydroxyl groups excluding tert-OH is 1. The summed E-state index contributed by atoms with van der Waals surface area (Å²) in [6.07, 6.45) is 14.5. The van der Waals surface area contributed by atoms with Crippen LogP contribution < -0.4 is 77.8 Å². The van der Waals surface area contributed by atoms with Gasteiger partial charge in [-0.05, 0) is 99.9 Å². The third-order valence-corrected chi connectivity index (χ3v) is 14.9. The van der Waals surface area contributed by atoms with Gasteiger partial charge in [-0.3, -0.25) is 29.0 Å². The van der Waals surface area contributed by atoms with Gasteiger partial charge in [0.05, 0.1) is 18.5 Å². The molecule has 4 fully saturated rings. The maximum atomic E-state index is 13.6. The van der Waals surface area contributed by atoms with Gasteiger partial charge in [-0.1, -0.05) is 103 Å². The molecule has 2 aromatic carbocycles. The number of thiol groups is 1. The Morgan fingerprint density at radius 3 is 2.21 bits per heavy atom. The number of amides is 3. The van der Waals surface area contributed by atoms with Gasteiger partial charge in [-0.2, -0.15) is 12.6 Å². The van der Waals surface area contributed by atoms with Crippen LogP contribution >= 0.6 is 12.6 Å². The summed E-state index contributed by atoms with van der Waals surface area (Å²) in [4.78, 5) is 61.2. The second-order valence-corrected chi connectivity index (χ2v) is 20.5. The number of H-pyrrole nitrogens is 1. The normalized spacial score (nSPS) is 17.8. The van der Waals surface area contributed by atoms with Crippen LogP contribution in [0.2, 0.25) is 0 Å². The first-order valence-electron chi connectivity index (χ1n) is 26.2. The Balaban J connectivity index is 0.000000772. The van der Waals surface area contributed by atoms with Gasteiger partial charge in [0.1, 0.15) is 11.2 Å². The molecule has 4 heterocycles. The Hall–Kier alpha value is -3.71. The fraction of sp³-hybridized carbons (Fsp3) is 0.536. The predicted octanol–water partition coefficient (Wildman–Crippen LogP) is 7.24. The molecule has 9 rings (SSSR count). The van der Waals surface area contributed by atoms with E-state index in [1.54, 1.807) is 11.6 Å². The number of carbonyl (C=O) groups is 3. The zero-order valence-electron chi connectivity index (χ0n) is 44.4. The average Bonchev–Trinajstić information content (AvgIpc) is 4.29. The van der Waals surface area contributed by atoms with Gasteiger partial charge in [0.25, 0.3) is 11.5 Å². The van der Waals surface area contributed by atoms with Crippen LogP contribution in [0, 0.1) is 5.92 Å². The fourth-order valence-electron chi connectivity index (χ4n) is 10.0. The smallest absolute Gasteiger partial charge is 0.638 e. The number of hydrogen-bond acceptors (Lipinski definition) is 10. The molecule has 5 N–H and O–H groups in total. The van der Waals surface area contributed by atoms with E-state index in [1.165, 1.54) is 48.2 Å². The number of benzene rings is 2. The van der Waals surface area contributed by atoms with Crippen molar-refractivity contribution in [3.63, 3.8) is 0 Å². The molecule has 4 aromatic rings. The minimum Gasteiger partial charge on any atom is -0.638 e. The summed E-state index contributed by atoms with van der Waals surface area (Å²) < 4.78 is 1.58. The van der Waals surface area contributed by atoms with Crippen molar-refractivity contribution in [2.24, 2.45) is 13.0 Å². The van der Waals surface area contributed by atoms with E-state index in [2.05, 4.69) is 103 Å². The van der Waals surface area contributed by atoms with Crippen molar-refractivity contribution in [2.75, 3.05) is 36.7 Å². The van der Waals surface area contributed by atoms with Crippen LogP contribution in [0.5, 0.6) is 0 Å². The van der Waals surface area contributed by atoms with Gasteiger partial charge in [0, 0.05) is 89.7 Å². The zero-order valence-corrected chi connectivity index (χ0v) is 48.4. The van der Waals surface area contributed by atoms with Crippen LogP contribution in [0.4, 0.5) is 17.1 Å². The number of pyridine rings is 1. The molecule has 2 aromatic heterocycles. The van der Waals surface area contributed by atoms with E-state index < -0.39 is 5.25 Å². The van der Waals surface area contributed by atoms with Crippen LogP contribution in [0.3, 0.4) is 0 Å². The molecule has 3 saturated carbocycles. The molecule has 0 radical (unpaired) electrons. The maximum absolute atomic E-state index is 13.6. The minimum absolute atomic E-state index is 0. The quantitative estimate of drug-likeness (QED) is 0.0246. The minimum atomic E-state index is -0.585. The van der Waals surface area contributed by atoms with Crippen LogP contribution in [-0.2, 0) is 23.2 Å². The van der Waals surface area contributed by atoms with E-state index >= 15 is 0 Å². The van der Waals surface area contributed by atoms with Crippen molar-refractivity contribution in [3.8, 4) is 11.1 Å². The van der Waals surface area contributed by atoms with E-state index in [9.17, 15) is 24.3 Å². The molecule has 5 aliphatic rings. The SMILES string of the molecule is CCC.CCC1CCC1.CCNC(=O)c1[nH]c2c(=O)n(C)cc3c2c1CN(c1ccccc1)c1ccc(NC(=C2CC2)C(C)[N-]CNC(CN(CO)C(CC)CC(C)N2C(=O)CC(S)C2=O)=C2CC2)cc1-3.[K+]. The number of nitrogens with one attached hydrogen (secondary N) is 4. The molecular weight excluding hydrogens is 950 g/mol. The van der Waals surface area contributed by atoms with Gasteiger partial charge in [-0.15, -0.1) is 0 Å². The number of hydrogen-bond donors (Lipinski definition) is 6. The summed E-state index contributed by atoms with van der Waals surface area (Å²) in [6.45, 7) is 16.1. The second-order valence-electron chi connectivity index (χ2n) is 19.9. The summed E-state index contributed by atoms with van der Waals surface area (Å²) in [7, 11) is 1.74. The van der Waals surface area contributed by atoms with Crippen LogP contribution in [0.1, 0.15) is 142 Å². The molecule has 2 aliphatic heterocycles. The Morgan fingerprint density at radius 1 is 0.958 bits per heavy atom. The van der Waals surface area contributed by atoms with Crippen molar-refractivity contribution in [3.05, 3.63) is 104 Å². The number of aromatic amines is 1. The number of allylic oxidation sites excluding steroid dienone is 2. The number of likely N-dealkylation sites (tertiary alicyclic amines) is 1. The number of aromatic nitrogens is 2. The zero-order chi connectivity index (χ0) is 50.9. The van der Waals surface area contributed by atoms with Crippen LogP contribution in [0.15, 0.2) is 82.1 Å². The fourth-order valence-corrected chi connectivity index (χ4v) is 10.3. The Morgan fingerprint density at radius 2 is 1.65 bits per heavy atom. The first-order valence-corrected chi connectivity index (χ1v) is 26.8. The number of anilines is 3. The number of carbonyl (C=O) groups excluding carboxylic acids is 3. The van der Waals surface area contributed by atoms with E-state index in [-0.39, 0.29) is 106 Å². The standard InChI is InChI=1S/C47H58N9O5S.C6H12.C3H8.K/c1-6-32(19-27(3)56-40(58)21-39(62)46(56)60)54(26-57)24-37(29-13-14-29)50-25-49-28(4)42(30-15-16-30)51-31-17-18-38-34(20-31)35-22-53(5)47(61)44-41(35)36(43(52-44)45(59)48-7-2)23-55(38)33-11-9-8-10-12-33;1-2-6-4-3-5-6;1-3-2;/h8-12,17-18,20,22,27-28,32,39,50-52,57,62H,6-7,13-16,19,21,23-26H2,1-5H3,(H,48,59);6H,2-5H2,1H3;3H2,1-2H3;/q-1;;;+1. The molecule has 0 bridgehead atoms. The molecule has 3 aliphatic carbocycles. The number of nitrogens with zero attached hydrogens (tertiary/aromatic N) is 5. The van der Waals surface area contributed by atoms with Gasteiger partial charge >= 0.3 is 51.4 Å². The average molecular weight is 1030 g/mol. The number of imide groups is 1. The number of aryl methyl sites for hydroxylation is 1. The first-order chi connectivity index (χ1) is 34.3. The monoisotopic (exact) mass is 1030 g/mol. The van der Waals surface area contributed by atoms with Gasteiger partial charge in [-0.25, -0.2) is 0 Å². The summed E-state index contributed by atoms with van der Waals surface area (Å²) in [6, 6.07) is 16.0. The Bertz CT molecular complexity index is 2650. The number of rotatable bonds is 19. The van der Waals surface area contributed by atoms with Crippen molar-refractivity contribution in [1.82, 2.24) is 30.0 Å². The van der Waals surface area contributed by atoms with Crippen LogP contribution in [0.25, 0.3) is 27.3 Å². The second kappa shape index (κ2) is 26.7. The molecule has 4 atom stereocenters. The summed E-state index contributed by atoms with van der Waals surface area (Å²) >= 11 is 4.30. The van der Waals surface area contributed by atoms with E-state index in [1.807, 2.05) is 43.1 Å². The number of para-hydroxylation sites is 1. The van der Waals surface area contributed by atoms with Gasteiger partial charge < -0.3 is 40.8 Å². The van der Waals surface area contributed by atoms with Crippen molar-refractivity contribution in [2.45, 2.75) is 155 Å². The predicted molar refractivity (Wildman–Crippen MR) is 291 cm³/mol. The Labute approximate surface area is 475 Å². The molecule has 384 valence electrons. The third kappa shape index (κ3) is 13.6. The largest absolute Gasteiger partial charge is 1.00 e. The molecule has 14 nitrogen and oxygen atoms in total. The number of fused-ring (bicyclic) bond motifs is 2. The molecule has 16 heteroatoms. The molecule has 0 spiro atoms. The molecule has 4 unspecified atom stereocenters. The Kier molecular flexibility index (Phi) is 21.3.